The molecule has 2 rings (SSSR count). The van der Waals surface area contributed by atoms with Crippen molar-refractivity contribution in [3.05, 3.63) is 59.5 Å². The number of benzene rings is 1. The molecule has 1 aliphatic heterocycles. The zero-order chi connectivity index (χ0) is 9.97. The van der Waals surface area contributed by atoms with Crippen molar-refractivity contribution in [1.29, 1.82) is 0 Å². The monoisotopic (exact) mass is 191 g/mol. The molecule has 0 aliphatic carbocycles. The molecule has 1 heterocycles. The van der Waals surface area contributed by atoms with Crippen LogP contribution in [0.15, 0.2) is 42.3 Å². The lowest BCUT2D eigenvalue weighted by Gasteiger charge is -2.08. The molecule has 0 aromatic heterocycles. The Morgan fingerprint density at radius 2 is 2.07 bits per heavy atom. The highest BCUT2D eigenvalue weighted by Gasteiger charge is 2.07. The van der Waals surface area contributed by atoms with Crippen LogP contribution in [0.5, 0.6) is 0 Å². The van der Waals surface area contributed by atoms with Crippen molar-refractivity contribution in [2.24, 2.45) is 0 Å². The second kappa shape index (κ2) is 3.48. The zero-order valence-electron chi connectivity index (χ0n) is 7.22. The molecule has 1 N–H and O–H groups in total. The first-order chi connectivity index (χ1) is 6.77. The van der Waals surface area contributed by atoms with Crippen LogP contribution < -0.4 is 5.32 Å². The summed E-state index contributed by atoms with van der Waals surface area (Å²) in [7, 11) is 0. The highest BCUT2D eigenvalue weighted by atomic mass is 19.1. The van der Waals surface area contributed by atoms with E-state index in [1.165, 1.54) is 12.1 Å². The van der Waals surface area contributed by atoms with Crippen LogP contribution in [0.2, 0.25) is 0 Å². The minimum Gasteiger partial charge on any atom is -0.355 e. The first-order valence-electron chi connectivity index (χ1n) is 4.10. The minimum atomic E-state index is -0.576. The van der Waals surface area contributed by atoms with Gasteiger partial charge in [-0.05, 0) is 24.3 Å². The minimum absolute atomic E-state index is 0.348. The van der Waals surface area contributed by atoms with Gasteiger partial charge < -0.3 is 5.32 Å². The maximum Gasteiger partial charge on any atom is 0.135 e. The van der Waals surface area contributed by atoms with Crippen LogP contribution >= 0.6 is 0 Å². The number of nitrogens with one attached hydrogen (secondary N) is 1. The number of hydrogen-bond donors (Lipinski definition) is 1. The Morgan fingerprint density at radius 1 is 1.21 bits per heavy atom. The van der Waals surface area contributed by atoms with Gasteiger partial charge in [0.1, 0.15) is 11.6 Å². The highest BCUT2D eigenvalue weighted by molar-refractivity contribution is 5.67. The van der Waals surface area contributed by atoms with Crippen LogP contribution in [0.4, 0.5) is 8.78 Å². The van der Waals surface area contributed by atoms with Gasteiger partial charge in [0, 0.05) is 23.5 Å². The predicted octanol–water partition coefficient (Wildman–Crippen LogP) is 2.58. The molecular weight excluding hydrogens is 184 g/mol. The van der Waals surface area contributed by atoms with E-state index < -0.39 is 11.6 Å². The van der Waals surface area contributed by atoms with Crippen molar-refractivity contribution < 1.29 is 8.78 Å². The van der Waals surface area contributed by atoms with Crippen LogP contribution in [0, 0.1) is 11.6 Å². The van der Waals surface area contributed by atoms with Crippen molar-refractivity contribution in [3.63, 3.8) is 0 Å². The molecule has 0 bridgehead atoms. The van der Waals surface area contributed by atoms with Crippen LogP contribution in [0.3, 0.4) is 0 Å². The molecule has 0 amide bonds. The first-order valence-corrected chi connectivity index (χ1v) is 4.10. The van der Waals surface area contributed by atoms with Crippen LogP contribution in [-0.4, -0.2) is 0 Å². The van der Waals surface area contributed by atoms with E-state index in [9.17, 15) is 8.78 Å². The van der Waals surface area contributed by atoms with E-state index in [2.05, 4.69) is 11.0 Å². The van der Waals surface area contributed by atoms with E-state index in [-0.39, 0.29) is 0 Å². The molecule has 0 unspecified atom stereocenters. The van der Waals surface area contributed by atoms with E-state index in [1.54, 1.807) is 18.4 Å². The molecule has 0 atom stereocenters. The summed E-state index contributed by atoms with van der Waals surface area (Å²) in [6.45, 7) is 0. The molecule has 1 aliphatic rings. The summed E-state index contributed by atoms with van der Waals surface area (Å²) in [6.07, 6.45) is 4.91. The van der Waals surface area contributed by atoms with Crippen molar-refractivity contribution in [1.82, 2.24) is 5.32 Å². The Balaban J connectivity index is 2.43. The number of halogens is 2. The largest absolute Gasteiger partial charge is 0.355 e. The molecule has 1 aromatic rings. The third kappa shape index (κ3) is 1.58. The maximum absolute atomic E-state index is 13.3. The molecular formula is C11H7F2N. The van der Waals surface area contributed by atoms with Gasteiger partial charge in [0.15, 0.2) is 0 Å². The average molecular weight is 191 g/mol. The fraction of sp³-hybridized carbons (Fsp3) is 0. The summed E-state index contributed by atoms with van der Waals surface area (Å²) >= 11 is 0. The van der Waals surface area contributed by atoms with Gasteiger partial charge in [0.25, 0.3) is 0 Å². The normalized spacial score (nSPS) is 13.7. The van der Waals surface area contributed by atoms with Gasteiger partial charge >= 0.3 is 0 Å². The topological polar surface area (TPSA) is 12.0 Å². The Kier molecular flexibility index (Phi) is 2.17. The van der Waals surface area contributed by atoms with E-state index in [0.717, 1.165) is 6.07 Å². The van der Waals surface area contributed by atoms with Crippen molar-refractivity contribution in [3.8, 4) is 0 Å². The van der Waals surface area contributed by atoms with Crippen molar-refractivity contribution >= 4 is 5.70 Å². The van der Waals surface area contributed by atoms with Crippen LogP contribution in [0.25, 0.3) is 5.70 Å². The summed E-state index contributed by atoms with van der Waals surface area (Å²) in [6, 6.07) is 3.49. The third-order valence-corrected chi connectivity index (χ3v) is 1.88. The van der Waals surface area contributed by atoms with Gasteiger partial charge in [-0.3, -0.25) is 0 Å². The molecule has 0 saturated heterocycles. The molecule has 14 heavy (non-hydrogen) atoms. The second-order valence-electron chi connectivity index (χ2n) is 2.83. The van der Waals surface area contributed by atoms with Crippen LogP contribution in [-0.2, 0) is 0 Å². The molecule has 70 valence electrons. The predicted molar refractivity (Wildman–Crippen MR) is 50.1 cm³/mol. The van der Waals surface area contributed by atoms with Crippen LogP contribution in [0.1, 0.15) is 5.56 Å². The molecule has 1 aromatic carbocycles. The lowest BCUT2D eigenvalue weighted by molar-refractivity contribution is 0.580. The first kappa shape index (κ1) is 8.73. The SMILES string of the molecule is Fc1ccc(C2=CC=C=CN2)c(F)c1. The van der Waals surface area contributed by atoms with Gasteiger partial charge in [-0.1, -0.05) is 0 Å². The third-order valence-electron chi connectivity index (χ3n) is 1.88. The number of allylic oxidation sites excluding steroid dienone is 2. The zero-order valence-corrected chi connectivity index (χ0v) is 7.22. The molecule has 0 radical (unpaired) electrons. The molecule has 0 spiro atoms. The highest BCUT2D eigenvalue weighted by Crippen LogP contribution is 2.18. The second-order valence-corrected chi connectivity index (χ2v) is 2.83. The maximum atomic E-state index is 13.3. The lowest BCUT2D eigenvalue weighted by Crippen LogP contribution is -2.06. The van der Waals surface area contributed by atoms with E-state index >= 15 is 0 Å². The average Bonchev–Trinajstić information content (AvgIpc) is 2.19. The van der Waals surface area contributed by atoms with Crippen molar-refractivity contribution in [2.45, 2.75) is 0 Å². The van der Waals surface area contributed by atoms with Crippen molar-refractivity contribution in [2.75, 3.05) is 0 Å². The lowest BCUT2D eigenvalue weighted by atomic mass is 10.1. The molecule has 1 nitrogen and oxygen atoms in total. The Bertz CT molecular complexity index is 454. The van der Waals surface area contributed by atoms with Gasteiger partial charge in [-0.15, -0.1) is 5.73 Å². The number of hydrogen-bond acceptors (Lipinski definition) is 1. The quantitative estimate of drug-likeness (QED) is 0.673. The fourth-order valence-electron chi connectivity index (χ4n) is 1.22. The molecule has 3 heteroatoms. The fourth-order valence-corrected chi connectivity index (χ4v) is 1.22. The van der Waals surface area contributed by atoms with Gasteiger partial charge in [0.05, 0.1) is 0 Å². The van der Waals surface area contributed by atoms with E-state index in [1.807, 2.05) is 0 Å². The van der Waals surface area contributed by atoms with Gasteiger partial charge in [-0.25, -0.2) is 8.78 Å². The van der Waals surface area contributed by atoms with Gasteiger partial charge in [-0.2, -0.15) is 0 Å². The van der Waals surface area contributed by atoms with E-state index in [0.29, 0.717) is 11.3 Å². The number of rotatable bonds is 1. The summed E-state index contributed by atoms with van der Waals surface area (Å²) < 4.78 is 25.9. The smallest absolute Gasteiger partial charge is 0.135 e. The Hall–Kier alpha value is -1.86. The Labute approximate surface area is 80.1 Å². The van der Waals surface area contributed by atoms with E-state index in [4.69, 9.17) is 0 Å². The molecule has 0 fully saturated rings. The summed E-state index contributed by atoms with van der Waals surface area (Å²) in [5.74, 6) is -1.15. The summed E-state index contributed by atoms with van der Waals surface area (Å²) in [4.78, 5) is 0. The Morgan fingerprint density at radius 3 is 2.71 bits per heavy atom. The summed E-state index contributed by atoms with van der Waals surface area (Å²) in [5.41, 5.74) is 3.73. The summed E-state index contributed by atoms with van der Waals surface area (Å²) in [5, 5.41) is 2.83. The molecule has 0 saturated carbocycles. The standard InChI is InChI=1S/C11H7F2N/c12-8-4-5-9(10(13)7-8)11-3-1-2-6-14-11/h1,3-7,14H. The van der Waals surface area contributed by atoms with Gasteiger partial charge in [0.2, 0.25) is 0 Å².